The molecule has 0 fully saturated rings. The summed E-state index contributed by atoms with van der Waals surface area (Å²) in [6.45, 7) is 1.06. The number of para-hydroxylation sites is 1. The molecular formula is C16H15NO4. The number of hydrogen-bond acceptors (Lipinski definition) is 4. The van der Waals surface area contributed by atoms with Gasteiger partial charge in [0.2, 0.25) is 0 Å². The predicted octanol–water partition coefficient (Wildman–Crippen LogP) is 3.06. The third-order valence-corrected chi connectivity index (χ3v) is 3.30. The van der Waals surface area contributed by atoms with Crippen LogP contribution in [-0.4, -0.2) is 17.6 Å². The van der Waals surface area contributed by atoms with Gasteiger partial charge in [-0.15, -0.1) is 0 Å². The van der Waals surface area contributed by atoms with Crippen molar-refractivity contribution in [2.75, 3.05) is 6.54 Å². The maximum Gasteiger partial charge on any atom is 0.339 e. The number of furan rings is 2. The van der Waals surface area contributed by atoms with Crippen molar-refractivity contribution in [3.63, 3.8) is 0 Å². The highest BCUT2D eigenvalue weighted by Crippen LogP contribution is 2.25. The van der Waals surface area contributed by atoms with E-state index in [0.29, 0.717) is 29.8 Å². The summed E-state index contributed by atoms with van der Waals surface area (Å²) in [7, 11) is 0. The zero-order valence-electron chi connectivity index (χ0n) is 11.3. The third kappa shape index (κ3) is 2.83. The van der Waals surface area contributed by atoms with Crippen molar-refractivity contribution >= 4 is 16.9 Å². The van der Waals surface area contributed by atoms with Gasteiger partial charge >= 0.3 is 5.97 Å². The van der Waals surface area contributed by atoms with E-state index in [4.69, 9.17) is 8.83 Å². The van der Waals surface area contributed by atoms with Crippen LogP contribution < -0.4 is 5.32 Å². The minimum absolute atomic E-state index is 0.232. The van der Waals surface area contributed by atoms with E-state index in [1.54, 1.807) is 24.5 Å². The van der Waals surface area contributed by atoms with Gasteiger partial charge < -0.3 is 19.3 Å². The van der Waals surface area contributed by atoms with E-state index in [1.165, 1.54) is 0 Å². The van der Waals surface area contributed by atoms with Crippen molar-refractivity contribution in [1.82, 2.24) is 5.32 Å². The van der Waals surface area contributed by atoms with Crippen molar-refractivity contribution < 1.29 is 18.7 Å². The Morgan fingerprint density at radius 1 is 1.19 bits per heavy atom. The molecule has 1 aromatic carbocycles. The lowest BCUT2D eigenvalue weighted by molar-refractivity contribution is 0.0696. The summed E-state index contributed by atoms with van der Waals surface area (Å²) in [5.74, 6) is 0.372. The molecule has 5 nitrogen and oxygen atoms in total. The Morgan fingerprint density at radius 2 is 2.05 bits per heavy atom. The van der Waals surface area contributed by atoms with Gasteiger partial charge in [-0.1, -0.05) is 18.2 Å². The second-order valence-electron chi connectivity index (χ2n) is 4.71. The molecule has 2 N–H and O–H groups in total. The first-order chi connectivity index (χ1) is 10.3. The Kier molecular flexibility index (Phi) is 3.75. The van der Waals surface area contributed by atoms with Gasteiger partial charge in [0, 0.05) is 18.4 Å². The van der Waals surface area contributed by atoms with E-state index in [2.05, 4.69) is 5.32 Å². The van der Waals surface area contributed by atoms with Crippen LogP contribution in [0, 0.1) is 0 Å². The average molecular weight is 285 g/mol. The topological polar surface area (TPSA) is 75.6 Å². The van der Waals surface area contributed by atoms with E-state index in [0.717, 1.165) is 12.2 Å². The number of rotatable bonds is 6. The van der Waals surface area contributed by atoms with E-state index in [-0.39, 0.29) is 5.56 Å². The fourth-order valence-electron chi connectivity index (χ4n) is 2.32. The zero-order chi connectivity index (χ0) is 14.7. The maximum atomic E-state index is 11.4. The highest BCUT2D eigenvalue weighted by Gasteiger charge is 2.19. The third-order valence-electron chi connectivity index (χ3n) is 3.30. The Labute approximate surface area is 121 Å². The number of aromatic carboxylic acids is 1. The SMILES string of the molecule is O=C(O)c1c(CNCCc2ccco2)oc2ccccc12. The Bertz CT molecular complexity index is 743. The second-order valence-corrected chi connectivity index (χ2v) is 4.71. The molecule has 0 aliphatic carbocycles. The fourth-order valence-corrected chi connectivity index (χ4v) is 2.32. The minimum Gasteiger partial charge on any atom is -0.478 e. The van der Waals surface area contributed by atoms with Crippen LogP contribution in [0.15, 0.2) is 51.5 Å². The van der Waals surface area contributed by atoms with E-state index < -0.39 is 5.97 Å². The second kappa shape index (κ2) is 5.85. The first kappa shape index (κ1) is 13.5. The molecule has 2 aromatic heterocycles. The first-order valence-electron chi connectivity index (χ1n) is 6.72. The van der Waals surface area contributed by atoms with Gasteiger partial charge in [0.25, 0.3) is 0 Å². The van der Waals surface area contributed by atoms with Crippen LogP contribution in [0.5, 0.6) is 0 Å². The monoisotopic (exact) mass is 285 g/mol. The van der Waals surface area contributed by atoms with Crippen molar-refractivity contribution in [2.45, 2.75) is 13.0 Å². The number of hydrogen-bond donors (Lipinski definition) is 2. The molecule has 3 rings (SSSR count). The standard InChI is InChI=1S/C16H15NO4/c18-16(19)15-12-5-1-2-6-13(12)21-14(15)10-17-8-7-11-4-3-9-20-11/h1-6,9,17H,7-8,10H2,(H,18,19). The fraction of sp³-hybridized carbons (Fsp3) is 0.188. The predicted molar refractivity (Wildman–Crippen MR) is 77.3 cm³/mol. The van der Waals surface area contributed by atoms with Crippen LogP contribution in [0.2, 0.25) is 0 Å². The van der Waals surface area contributed by atoms with Gasteiger partial charge in [0.1, 0.15) is 22.7 Å². The first-order valence-corrected chi connectivity index (χ1v) is 6.72. The molecule has 0 amide bonds. The van der Waals surface area contributed by atoms with Crippen LogP contribution in [0.3, 0.4) is 0 Å². The normalized spacial score (nSPS) is 11.0. The van der Waals surface area contributed by atoms with Crippen LogP contribution in [0.4, 0.5) is 0 Å². The van der Waals surface area contributed by atoms with Gasteiger partial charge in [-0.05, 0) is 18.2 Å². The van der Waals surface area contributed by atoms with E-state index in [1.807, 2.05) is 18.2 Å². The lowest BCUT2D eigenvalue weighted by atomic mass is 10.1. The number of carboxylic acids is 1. The van der Waals surface area contributed by atoms with Crippen molar-refractivity contribution in [3.8, 4) is 0 Å². The molecule has 0 atom stereocenters. The maximum absolute atomic E-state index is 11.4. The van der Waals surface area contributed by atoms with Crippen LogP contribution in [0.1, 0.15) is 21.9 Å². The lowest BCUT2D eigenvalue weighted by Crippen LogP contribution is -2.17. The molecule has 0 bridgehead atoms. The Morgan fingerprint density at radius 3 is 2.81 bits per heavy atom. The van der Waals surface area contributed by atoms with Gasteiger partial charge in [-0.2, -0.15) is 0 Å². The Balaban J connectivity index is 1.71. The van der Waals surface area contributed by atoms with Gasteiger partial charge in [0.05, 0.1) is 12.8 Å². The Hall–Kier alpha value is -2.53. The van der Waals surface area contributed by atoms with Crippen molar-refractivity contribution in [2.24, 2.45) is 0 Å². The lowest BCUT2D eigenvalue weighted by Gasteiger charge is -2.02. The van der Waals surface area contributed by atoms with Gasteiger partial charge in [0.15, 0.2) is 0 Å². The quantitative estimate of drug-likeness (QED) is 0.681. The summed E-state index contributed by atoms with van der Waals surface area (Å²) in [6, 6.07) is 10.9. The molecule has 0 aliphatic heterocycles. The number of benzene rings is 1. The number of carbonyl (C=O) groups is 1. The molecule has 5 heteroatoms. The summed E-state index contributed by atoms with van der Waals surface area (Å²) < 4.78 is 10.9. The summed E-state index contributed by atoms with van der Waals surface area (Å²) in [4.78, 5) is 11.4. The highest BCUT2D eigenvalue weighted by molar-refractivity contribution is 6.03. The molecule has 3 aromatic rings. The average Bonchev–Trinajstić information content (AvgIpc) is 3.10. The van der Waals surface area contributed by atoms with Gasteiger partial charge in [-0.25, -0.2) is 4.79 Å². The van der Waals surface area contributed by atoms with Gasteiger partial charge in [-0.3, -0.25) is 0 Å². The molecule has 2 heterocycles. The van der Waals surface area contributed by atoms with E-state index in [9.17, 15) is 9.90 Å². The summed E-state index contributed by atoms with van der Waals surface area (Å²) in [5.41, 5.74) is 0.828. The summed E-state index contributed by atoms with van der Waals surface area (Å²) in [5, 5.41) is 13.2. The zero-order valence-corrected chi connectivity index (χ0v) is 11.3. The molecule has 0 radical (unpaired) electrons. The number of carboxylic acid groups (broad SMARTS) is 1. The molecule has 108 valence electrons. The molecule has 0 unspecified atom stereocenters. The van der Waals surface area contributed by atoms with Crippen LogP contribution >= 0.6 is 0 Å². The van der Waals surface area contributed by atoms with Crippen LogP contribution in [0.25, 0.3) is 11.0 Å². The number of fused-ring (bicyclic) bond motifs is 1. The smallest absolute Gasteiger partial charge is 0.339 e. The molecular weight excluding hydrogens is 270 g/mol. The largest absolute Gasteiger partial charge is 0.478 e. The minimum atomic E-state index is -0.970. The molecule has 0 aliphatic rings. The van der Waals surface area contributed by atoms with Crippen molar-refractivity contribution in [3.05, 3.63) is 59.7 Å². The number of nitrogens with one attached hydrogen (secondary N) is 1. The summed E-state index contributed by atoms with van der Waals surface area (Å²) >= 11 is 0. The molecule has 0 saturated heterocycles. The molecule has 21 heavy (non-hydrogen) atoms. The van der Waals surface area contributed by atoms with Crippen LogP contribution in [-0.2, 0) is 13.0 Å². The highest BCUT2D eigenvalue weighted by atomic mass is 16.4. The van der Waals surface area contributed by atoms with Crippen molar-refractivity contribution in [1.29, 1.82) is 0 Å². The van der Waals surface area contributed by atoms with E-state index >= 15 is 0 Å². The molecule has 0 spiro atoms. The molecule has 0 saturated carbocycles. The summed E-state index contributed by atoms with van der Waals surface area (Å²) in [6.07, 6.45) is 2.38.